The second-order valence-electron chi connectivity index (χ2n) is 8.67. The van der Waals surface area contributed by atoms with Crippen LogP contribution in [0.15, 0.2) is 54.6 Å². The van der Waals surface area contributed by atoms with Crippen LogP contribution in [-0.4, -0.2) is 30.4 Å². The van der Waals surface area contributed by atoms with Crippen LogP contribution in [0, 0.1) is 17.8 Å². The smallest absolute Gasteiger partial charge is 0.344 e. The molecule has 1 aliphatic rings. The first kappa shape index (κ1) is 22.7. The van der Waals surface area contributed by atoms with Gasteiger partial charge in [-0.15, -0.1) is 0 Å². The third-order valence-corrected chi connectivity index (χ3v) is 5.99. The number of carbonyl (C=O) groups excluding carboxylic acids is 3. The first-order chi connectivity index (χ1) is 14.9. The summed E-state index contributed by atoms with van der Waals surface area (Å²) in [6, 6.07) is 15.2. The minimum Gasteiger partial charge on any atom is -0.460 e. The SMILES string of the molecule is CC(C)[C@@H]1CC[C@@H](C)C[C@@H]1OC(=O)COC(=O)c1ccccc1C(=O)c1ccccc1. The van der Waals surface area contributed by atoms with Crippen LogP contribution >= 0.6 is 0 Å². The fraction of sp³-hybridized carbons (Fsp3) is 0.423. The Labute approximate surface area is 183 Å². The van der Waals surface area contributed by atoms with Crippen LogP contribution in [0.2, 0.25) is 0 Å². The number of ketones is 1. The Morgan fingerprint density at radius 3 is 2.26 bits per heavy atom. The number of hydrogen-bond donors (Lipinski definition) is 0. The van der Waals surface area contributed by atoms with Crippen LogP contribution in [-0.2, 0) is 14.3 Å². The molecular formula is C26H30O5. The van der Waals surface area contributed by atoms with Gasteiger partial charge in [-0.3, -0.25) is 4.79 Å². The van der Waals surface area contributed by atoms with E-state index in [0.717, 1.165) is 19.3 Å². The highest BCUT2D eigenvalue weighted by molar-refractivity contribution is 6.14. The van der Waals surface area contributed by atoms with Gasteiger partial charge in [-0.25, -0.2) is 9.59 Å². The maximum Gasteiger partial charge on any atom is 0.344 e. The predicted octanol–water partition coefficient (Wildman–Crippen LogP) is 5.08. The highest BCUT2D eigenvalue weighted by atomic mass is 16.6. The second kappa shape index (κ2) is 10.4. The van der Waals surface area contributed by atoms with Gasteiger partial charge in [0.1, 0.15) is 6.10 Å². The molecule has 3 atom stereocenters. The Hall–Kier alpha value is -2.95. The molecular weight excluding hydrogens is 392 g/mol. The monoisotopic (exact) mass is 422 g/mol. The summed E-state index contributed by atoms with van der Waals surface area (Å²) in [5.74, 6) is -0.291. The minimum absolute atomic E-state index is 0.135. The Bertz CT molecular complexity index is 918. The van der Waals surface area contributed by atoms with Gasteiger partial charge in [0.2, 0.25) is 0 Å². The molecule has 0 heterocycles. The van der Waals surface area contributed by atoms with Gasteiger partial charge in [-0.1, -0.05) is 75.7 Å². The molecule has 31 heavy (non-hydrogen) atoms. The average molecular weight is 423 g/mol. The first-order valence-corrected chi connectivity index (χ1v) is 10.9. The fourth-order valence-electron chi connectivity index (χ4n) is 4.26. The van der Waals surface area contributed by atoms with Gasteiger partial charge in [0.25, 0.3) is 0 Å². The van der Waals surface area contributed by atoms with E-state index in [-0.39, 0.29) is 23.0 Å². The van der Waals surface area contributed by atoms with E-state index >= 15 is 0 Å². The number of benzene rings is 2. The molecule has 1 saturated carbocycles. The summed E-state index contributed by atoms with van der Waals surface area (Å²) in [5, 5.41) is 0. The van der Waals surface area contributed by atoms with Gasteiger partial charge in [0.05, 0.1) is 5.56 Å². The molecule has 1 aliphatic carbocycles. The van der Waals surface area contributed by atoms with Crippen LogP contribution in [0.3, 0.4) is 0 Å². The molecule has 3 rings (SSSR count). The van der Waals surface area contributed by atoms with E-state index in [0.29, 0.717) is 23.3 Å². The zero-order chi connectivity index (χ0) is 22.4. The third-order valence-electron chi connectivity index (χ3n) is 5.99. The van der Waals surface area contributed by atoms with E-state index in [1.165, 1.54) is 6.07 Å². The van der Waals surface area contributed by atoms with E-state index in [1.807, 2.05) is 6.07 Å². The molecule has 0 bridgehead atoms. The summed E-state index contributed by atoms with van der Waals surface area (Å²) in [7, 11) is 0. The van der Waals surface area contributed by atoms with Gasteiger partial charge >= 0.3 is 11.9 Å². The predicted molar refractivity (Wildman–Crippen MR) is 118 cm³/mol. The highest BCUT2D eigenvalue weighted by Gasteiger charge is 2.33. The minimum atomic E-state index is -0.714. The summed E-state index contributed by atoms with van der Waals surface area (Å²) < 4.78 is 10.9. The van der Waals surface area contributed by atoms with Crippen molar-refractivity contribution >= 4 is 17.7 Å². The lowest BCUT2D eigenvalue weighted by molar-refractivity contribution is -0.159. The lowest BCUT2D eigenvalue weighted by Gasteiger charge is -2.36. The molecule has 0 aliphatic heterocycles. The molecule has 0 aromatic heterocycles. The Balaban J connectivity index is 1.63. The fourth-order valence-corrected chi connectivity index (χ4v) is 4.26. The van der Waals surface area contributed by atoms with Crippen molar-refractivity contribution in [2.75, 3.05) is 6.61 Å². The Kier molecular flexibility index (Phi) is 7.61. The van der Waals surface area contributed by atoms with Crippen LogP contribution in [0.4, 0.5) is 0 Å². The van der Waals surface area contributed by atoms with Crippen molar-refractivity contribution in [2.45, 2.75) is 46.1 Å². The van der Waals surface area contributed by atoms with Gasteiger partial charge in [0, 0.05) is 11.1 Å². The van der Waals surface area contributed by atoms with Crippen LogP contribution < -0.4 is 0 Å². The largest absolute Gasteiger partial charge is 0.460 e. The van der Waals surface area contributed by atoms with E-state index in [2.05, 4.69) is 20.8 Å². The van der Waals surface area contributed by atoms with Crippen molar-refractivity contribution in [1.29, 1.82) is 0 Å². The summed E-state index contributed by atoms with van der Waals surface area (Å²) in [6.45, 7) is 5.98. The number of carbonyl (C=O) groups is 3. The van der Waals surface area contributed by atoms with Crippen molar-refractivity contribution in [1.82, 2.24) is 0 Å². The number of hydrogen-bond acceptors (Lipinski definition) is 5. The maximum absolute atomic E-state index is 12.8. The number of ether oxygens (including phenoxy) is 2. The highest BCUT2D eigenvalue weighted by Crippen LogP contribution is 2.35. The molecule has 5 nitrogen and oxygen atoms in total. The molecule has 164 valence electrons. The lowest BCUT2D eigenvalue weighted by Crippen LogP contribution is -2.36. The van der Waals surface area contributed by atoms with Gasteiger partial charge in [-0.05, 0) is 36.7 Å². The lowest BCUT2D eigenvalue weighted by atomic mass is 9.75. The topological polar surface area (TPSA) is 69.7 Å². The summed E-state index contributed by atoms with van der Waals surface area (Å²) >= 11 is 0. The molecule has 0 amide bonds. The van der Waals surface area contributed by atoms with Crippen molar-refractivity contribution in [3.05, 3.63) is 71.3 Å². The zero-order valence-electron chi connectivity index (χ0n) is 18.4. The third kappa shape index (κ3) is 5.81. The number of esters is 2. The maximum atomic E-state index is 12.8. The van der Waals surface area contributed by atoms with Crippen molar-refractivity contribution in [2.24, 2.45) is 17.8 Å². The normalized spacial score (nSPS) is 20.8. The van der Waals surface area contributed by atoms with E-state index in [4.69, 9.17) is 9.47 Å². The summed E-state index contributed by atoms with van der Waals surface area (Å²) in [6.07, 6.45) is 2.85. The number of rotatable bonds is 7. The molecule has 2 aromatic carbocycles. The molecule has 0 unspecified atom stereocenters. The Morgan fingerprint density at radius 2 is 1.58 bits per heavy atom. The van der Waals surface area contributed by atoms with E-state index < -0.39 is 18.5 Å². The standard InChI is InChI=1S/C26H30O5/c1-17(2)20-14-13-18(3)15-23(20)31-24(27)16-30-26(29)22-12-8-7-11-21(22)25(28)19-9-5-4-6-10-19/h4-12,17-18,20,23H,13-16H2,1-3H3/t18-,20+,23+/m1/s1. The van der Waals surface area contributed by atoms with Crippen LogP contribution in [0.25, 0.3) is 0 Å². The zero-order valence-corrected chi connectivity index (χ0v) is 18.4. The molecule has 2 aromatic rings. The van der Waals surface area contributed by atoms with Gasteiger partial charge in [-0.2, -0.15) is 0 Å². The first-order valence-electron chi connectivity index (χ1n) is 10.9. The molecule has 0 N–H and O–H groups in total. The molecule has 0 spiro atoms. The molecule has 0 saturated heterocycles. The van der Waals surface area contributed by atoms with E-state index in [9.17, 15) is 14.4 Å². The van der Waals surface area contributed by atoms with Crippen molar-refractivity contribution < 1.29 is 23.9 Å². The Morgan fingerprint density at radius 1 is 0.935 bits per heavy atom. The summed E-state index contributed by atoms with van der Waals surface area (Å²) in [4.78, 5) is 37.8. The molecule has 5 heteroatoms. The quantitative estimate of drug-likeness (QED) is 0.460. The van der Waals surface area contributed by atoms with E-state index in [1.54, 1.807) is 42.5 Å². The summed E-state index contributed by atoms with van der Waals surface area (Å²) in [5.41, 5.74) is 0.858. The average Bonchev–Trinajstić information content (AvgIpc) is 2.77. The molecule has 0 radical (unpaired) electrons. The van der Waals surface area contributed by atoms with Gasteiger partial charge < -0.3 is 9.47 Å². The second-order valence-corrected chi connectivity index (χ2v) is 8.67. The van der Waals surface area contributed by atoms with Crippen LogP contribution in [0.1, 0.15) is 66.3 Å². The van der Waals surface area contributed by atoms with Crippen molar-refractivity contribution in [3.63, 3.8) is 0 Å². The van der Waals surface area contributed by atoms with Crippen LogP contribution in [0.5, 0.6) is 0 Å². The van der Waals surface area contributed by atoms with Gasteiger partial charge in [0.15, 0.2) is 12.4 Å². The van der Waals surface area contributed by atoms with Crippen molar-refractivity contribution in [3.8, 4) is 0 Å². The molecule has 1 fully saturated rings.